The number of hydrogen-bond donors (Lipinski definition) is 1. The Balaban J connectivity index is 1.44. The number of rotatable bonds is 7. The van der Waals surface area contributed by atoms with Crippen LogP contribution in [0.25, 0.3) is 27.9 Å². The first-order valence-corrected chi connectivity index (χ1v) is 12.2. The minimum Gasteiger partial charge on any atom is -0.491 e. The van der Waals surface area contributed by atoms with E-state index in [-0.39, 0.29) is 18.0 Å². The molecule has 0 radical (unpaired) electrons. The molecule has 0 atom stereocenters. The maximum Gasteiger partial charge on any atom is 0.258 e. The van der Waals surface area contributed by atoms with Gasteiger partial charge in [0.25, 0.3) is 11.9 Å². The number of fused-ring (bicyclic) bond motifs is 1. The van der Waals surface area contributed by atoms with Gasteiger partial charge < -0.3 is 4.74 Å². The molecule has 0 aliphatic heterocycles. The van der Waals surface area contributed by atoms with Gasteiger partial charge in [-0.2, -0.15) is 4.98 Å². The van der Waals surface area contributed by atoms with Crippen LogP contribution in [-0.4, -0.2) is 26.6 Å². The Bertz CT molecular complexity index is 1470. The van der Waals surface area contributed by atoms with Crippen molar-refractivity contribution in [3.05, 3.63) is 101 Å². The van der Waals surface area contributed by atoms with Gasteiger partial charge in [0.1, 0.15) is 5.75 Å². The van der Waals surface area contributed by atoms with E-state index in [2.05, 4.69) is 15.4 Å². The molecular weight excluding hydrogens is 456 g/mol. The number of ether oxygens (including phenoxy) is 1. The van der Waals surface area contributed by atoms with E-state index in [4.69, 9.17) is 4.74 Å². The smallest absolute Gasteiger partial charge is 0.258 e. The predicted molar refractivity (Wildman–Crippen MR) is 141 cm³/mol. The molecule has 5 aromatic rings. The molecule has 0 fully saturated rings. The lowest BCUT2D eigenvalue weighted by Gasteiger charge is -2.10. The maximum atomic E-state index is 13.4. The van der Waals surface area contributed by atoms with Crippen molar-refractivity contribution in [3.63, 3.8) is 0 Å². The van der Waals surface area contributed by atoms with Crippen LogP contribution in [0.4, 0.5) is 5.95 Å². The minimum atomic E-state index is -0.279. The third-order valence-electron chi connectivity index (χ3n) is 5.27. The van der Waals surface area contributed by atoms with Gasteiger partial charge in [0.05, 0.1) is 11.8 Å². The number of carbonyl (C=O) groups is 1. The lowest BCUT2D eigenvalue weighted by Crippen LogP contribution is -2.15. The SMILES string of the molecule is CC(C)Oc1ccc(/C=C(/C(=O)Nc2nc3scc(-c4ccccc4)n3n2)c2ccccc2)cc1. The van der Waals surface area contributed by atoms with E-state index >= 15 is 0 Å². The molecule has 0 bridgehead atoms. The largest absolute Gasteiger partial charge is 0.491 e. The molecule has 1 N–H and O–H groups in total. The van der Waals surface area contributed by atoms with Gasteiger partial charge in [-0.3, -0.25) is 10.1 Å². The van der Waals surface area contributed by atoms with E-state index in [9.17, 15) is 4.79 Å². The van der Waals surface area contributed by atoms with E-state index in [1.54, 1.807) is 4.52 Å². The third-order valence-corrected chi connectivity index (χ3v) is 6.08. The number of benzene rings is 3. The van der Waals surface area contributed by atoms with E-state index in [1.807, 2.05) is 110 Å². The average molecular weight is 481 g/mol. The number of amides is 1. The first kappa shape index (κ1) is 22.6. The fourth-order valence-corrected chi connectivity index (χ4v) is 4.52. The molecule has 7 heteroatoms. The van der Waals surface area contributed by atoms with Gasteiger partial charge in [0.15, 0.2) is 0 Å². The summed E-state index contributed by atoms with van der Waals surface area (Å²) >= 11 is 1.48. The number of nitrogens with zero attached hydrogens (tertiary/aromatic N) is 3. The summed E-state index contributed by atoms with van der Waals surface area (Å²) in [6.45, 7) is 3.98. The number of thiazole rings is 1. The van der Waals surface area contributed by atoms with Gasteiger partial charge in [0.2, 0.25) is 4.96 Å². The Kier molecular flexibility index (Phi) is 6.41. The number of carbonyl (C=O) groups excluding carboxylic acids is 1. The highest BCUT2D eigenvalue weighted by Gasteiger charge is 2.17. The Morgan fingerprint density at radius 3 is 2.34 bits per heavy atom. The van der Waals surface area contributed by atoms with Crippen molar-refractivity contribution >= 4 is 39.8 Å². The highest BCUT2D eigenvalue weighted by Crippen LogP contribution is 2.27. The van der Waals surface area contributed by atoms with Gasteiger partial charge in [0, 0.05) is 16.5 Å². The van der Waals surface area contributed by atoms with Crippen LogP contribution < -0.4 is 10.1 Å². The molecule has 0 aliphatic rings. The van der Waals surface area contributed by atoms with Crippen molar-refractivity contribution in [2.45, 2.75) is 20.0 Å². The van der Waals surface area contributed by atoms with Crippen molar-refractivity contribution in [2.75, 3.05) is 5.32 Å². The van der Waals surface area contributed by atoms with Crippen molar-refractivity contribution in [1.29, 1.82) is 0 Å². The van der Waals surface area contributed by atoms with E-state index < -0.39 is 0 Å². The molecule has 2 aromatic heterocycles. The van der Waals surface area contributed by atoms with Crippen LogP contribution in [0, 0.1) is 0 Å². The molecule has 0 spiro atoms. The van der Waals surface area contributed by atoms with Gasteiger partial charge in [-0.1, -0.05) is 72.8 Å². The Morgan fingerprint density at radius 2 is 1.66 bits per heavy atom. The fourth-order valence-electron chi connectivity index (χ4n) is 3.69. The van der Waals surface area contributed by atoms with E-state index in [1.165, 1.54) is 11.3 Å². The molecule has 0 unspecified atom stereocenters. The van der Waals surface area contributed by atoms with Crippen LogP contribution in [0.5, 0.6) is 5.75 Å². The van der Waals surface area contributed by atoms with Crippen LogP contribution in [-0.2, 0) is 4.79 Å². The average Bonchev–Trinajstić information content (AvgIpc) is 3.44. The molecule has 0 aliphatic carbocycles. The van der Waals surface area contributed by atoms with Crippen LogP contribution >= 0.6 is 11.3 Å². The zero-order valence-electron chi connectivity index (χ0n) is 19.4. The van der Waals surface area contributed by atoms with Crippen molar-refractivity contribution in [3.8, 4) is 17.0 Å². The second kappa shape index (κ2) is 9.95. The Labute approximate surface area is 207 Å². The van der Waals surface area contributed by atoms with E-state index in [0.29, 0.717) is 10.5 Å². The summed E-state index contributed by atoms with van der Waals surface area (Å²) in [6.07, 6.45) is 1.96. The summed E-state index contributed by atoms with van der Waals surface area (Å²) in [7, 11) is 0. The number of aromatic nitrogens is 3. The summed E-state index contributed by atoms with van der Waals surface area (Å²) in [5.74, 6) is 0.777. The molecule has 5 rings (SSSR count). The standard InChI is InChI=1S/C28H24N4O2S/c1-19(2)34-23-15-13-20(14-16-23)17-24(21-9-5-3-6-10-21)26(33)29-27-30-28-32(31-27)25(18-35-28)22-11-7-4-8-12-22/h3-19H,1-2H3,(H,29,31,33)/b24-17+. The highest BCUT2D eigenvalue weighted by molar-refractivity contribution is 7.15. The molecule has 0 saturated heterocycles. The second-order valence-electron chi connectivity index (χ2n) is 8.23. The molecule has 1 amide bonds. The van der Waals surface area contributed by atoms with Crippen molar-refractivity contribution in [2.24, 2.45) is 0 Å². The van der Waals surface area contributed by atoms with Crippen LogP contribution in [0.15, 0.2) is 90.3 Å². The highest BCUT2D eigenvalue weighted by atomic mass is 32.1. The molecule has 174 valence electrons. The molecule has 3 aromatic carbocycles. The van der Waals surface area contributed by atoms with Gasteiger partial charge in [-0.05, 0) is 43.2 Å². The number of nitrogens with one attached hydrogen (secondary N) is 1. The summed E-state index contributed by atoms with van der Waals surface area (Å²) in [5, 5.41) is 9.45. The lowest BCUT2D eigenvalue weighted by atomic mass is 10.0. The number of anilines is 1. The Morgan fingerprint density at radius 1 is 0.971 bits per heavy atom. The predicted octanol–water partition coefficient (Wildman–Crippen LogP) is 6.42. The first-order valence-electron chi connectivity index (χ1n) is 11.3. The quantitative estimate of drug-likeness (QED) is 0.215. The normalized spacial score (nSPS) is 11.7. The van der Waals surface area contributed by atoms with Crippen LogP contribution in [0.2, 0.25) is 0 Å². The monoisotopic (exact) mass is 480 g/mol. The number of hydrogen-bond acceptors (Lipinski definition) is 5. The van der Waals surface area contributed by atoms with Crippen molar-refractivity contribution < 1.29 is 9.53 Å². The zero-order chi connectivity index (χ0) is 24.2. The summed E-state index contributed by atoms with van der Waals surface area (Å²) < 4.78 is 7.49. The molecule has 2 heterocycles. The third kappa shape index (κ3) is 5.15. The van der Waals surface area contributed by atoms with Crippen LogP contribution in [0.3, 0.4) is 0 Å². The molecule has 35 heavy (non-hydrogen) atoms. The summed E-state index contributed by atoms with van der Waals surface area (Å²) in [6, 6.07) is 27.2. The van der Waals surface area contributed by atoms with Crippen LogP contribution in [0.1, 0.15) is 25.0 Å². The maximum absolute atomic E-state index is 13.4. The van der Waals surface area contributed by atoms with Gasteiger partial charge >= 0.3 is 0 Å². The van der Waals surface area contributed by atoms with Gasteiger partial charge in [-0.25, -0.2) is 4.52 Å². The summed E-state index contributed by atoms with van der Waals surface area (Å²) in [5.41, 5.74) is 4.18. The Hall–Kier alpha value is -4.23. The minimum absolute atomic E-state index is 0.0986. The molecule has 0 saturated carbocycles. The topological polar surface area (TPSA) is 68.5 Å². The van der Waals surface area contributed by atoms with Crippen molar-refractivity contribution in [1.82, 2.24) is 14.6 Å². The summed E-state index contributed by atoms with van der Waals surface area (Å²) in [4.78, 5) is 18.6. The van der Waals surface area contributed by atoms with Gasteiger partial charge in [-0.15, -0.1) is 16.4 Å². The lowest BCUT2D eigenvalue weighted by molar-refractivity contribution is -0.111. The molecule has 6 nitrogen and oxygen atoms in total. The zero-order valence-corrected chi connectivity index (χ0v) is 20.2. The first-order chi connectivity index (χ1) is 17.1. The fraction of sp³-hybridized carbons (Fsp3) is 0.107. The molecular formula is C28H24N4O2S. The second-order valence-corrected chi connectivity index (χ2v) is 9.07. The van der Waals surface area contributed by atoms with E-state index in [0.717, 1.165) is 28.1 Å².